The van der Waals surface area contributed by atoms with Gasteiger partial charge in [-0.2, -0.15) is 0 Å². The first-order valence-corrected chi connectivity index (χ1v) is 9.76. The second-order valence-corrected chi connectivity index (χ2v) is 6.87. The first-order valence-electron chi connectivity index (χ1n) is 9.76. The number of hydrogen-bond donors (Lipinski definition) is 1. The summed E-state index contributed by atoms with van der Waals surface area (Å²) in [7, 11) is 1.56. The van der Waals surface area contributed by atoms with Gasteiger partial charge in [-0.3, -0.25) is 4.79 Å². The van der Waals surface area contributed by atoms with E-state index < -0.39 is 17.5 Å². The van der Waals surface area contributed by atoms with Gasteiger partial charge in [0.1, 0.15) is 28.4 Å². The second kappa shape index (κ2) is 9.80. The van der Waals surface area contributed by atoms with Crippen molar-refractivity contribution in [3.63, 3.8) is 0 Å². The summed E-state index contributed by atoms with van der Waals surface area (Å²) in [6.45, 7) is 3.47. The Morgan fingerprint density at radius 3 is 2.39 bits per heavy atom. The molecule has 0 aliphatic rings. The van der Waals surface area contributed by atoms with E-state index >= 15 is 0 Å². The van der Waals surface area contributed by atoms with E-state index in [4.69, 9.17) is 18.6 Å². The Kier molecular flexibility index (Phi) is 6.92. The minimum Gasteiger partial charge on any atom is -0.497 e. The normalized spacial score (nSPS) is 11.6. The highest BCUT2D eigenvalue weighted by atomic mass is 16.6. The predicted octanol–water partition coefficient (Wildman–Crippen LogP) is 3.31. The van der Waals surface area contributed by atoms with Gasteiger partial charge in [-0.05, 0) is 55.8 Å². The molecule has 0 fully saturated rings. The van der Waals surface area contributed by atoms with Crippen LogP contribution in [0.3, 0.4) is 0 Å². The fourth-order valence-electron chi connectivity index (χ4n) is 2.69. The first kappa shape index (κ1) is 21.9. The van der Waals surface area contributed by atoms with Gasteiger partial charge in [-0.25, -0.2) is 9.59 Å². The monoisotopic (exact) mass is 425 g/mol. The number of benzene rings is 2. The van der Waals surface area contributed by atoms with Crippen LogP contribution in [0.2, 0.25) is 0 Å². The summed E-state index contributed by atoms with van der Waals surface area (Å²) in [5.41, 5.74) is -0.642. The molecule has 8 heteroatoms. The van der Waals surface area contributed by atoms with E-state index in [0.717, 1.165) is 6.42 Å². The zero-order chi connectivity index (χ0) is 22.4. The van der Waals surface area contributed by atoms with Gasteiger partial charge in [0.2, 0.25) is 0 Å². The fourth-order valence-corrected chi connectivity index (χ4v) is 2.69. The molecule has 0 aliphatic heterocycles. The quantitative estimate of drug-likeness (QED) is 0.335. The Morgan fingerprint density at radius 2 is 1.71 bits per heavy atom. The van der Waals surface area contributed by atoms with E-state index in [1.54, 1.807) is 43.5 Å². The van der Waals surface area contributed by atoms with Crippen LogP contribution in [-0.2, 0) is 4.79 Å². The second-order valence-electron chi connectivity index (χ2n) is 6.87. The number of nitrogens with one attached hydrogen (secondary N) is 1. The lowest BCUT2D eigenvalue weighted by Gasteiger charge is -2.11. The van der Waals surface area contributed by atoms with Gasteiger partial charge in [0.25, 0.3) is 5.91 Å². The van der Waals surface area contributed by atoms with Gasteiger partial charge in [0, 0.05) is 17.5 Å². The maximum Gasteiger partial charge on any atom is 0.349 e. The first-order chi connectivity index (χ1) is 14.9. The molecule has 0 saturated heterocycles. The number of fused-ring (bicyclic) bond motifs is 1. The van der Waals surface area contributed by atoms with Crippen molar-refractivity contribution < 1.29 is 28.2 Å². The Labute approximate surface area is 178 Å². The Balaban J connectivity index is 1.67. The molecule has 0 radical (unpaired) electrons. The largest absolute Gasteiger partial charge is 0.497 e. The van der Waals surface area contributed by atoms with Crippen LogP contribution in [0, 0.1) is 0 Å². The molecule has 0 spiro atoms. The number of methoxy groups -OCH3 is 1. The van der Waals surface area contributed by atoms with Gasteiger partial charge in [0.05, 0.1) is 7.11 Å². The van der Waals surface area contributed by atoms with Crippen LogP contribution < -0.4 is 25.2 Å². The number of esters is 1. The molecular formula is C23H23NO7. The molecule has 0 saturated carbocycles. The number of carbonyl (C=O) groups is 2. The molecule has 3 rings (SSSR count). The third kappa shape index (κ3) is 5.63. The molecule has 1 N–H and O–H groups in total. The van der Waals surface area contributed by atoms with Crippen molar-refractivity contribution in [3.05, 3.63) is 64.5 Å². The molecule has 1 atom stereocenters. The summed E-state index contributed by atoms with van der Waals surface area (Å²) < 4.78 is 20.9. The van der Waals surface area contributed by atoms with Gasteiger partial charge in [0.15, 0.2) is 6.61 Å². The minimum atomic E-state index is -0.764. The minimum absolute atomic E-state index is 0.0653. The van der Waals surface area contributed by atoms with Crippen molar-refractivity contribution in [1.82, 2.24) is 5.32 Å². The highest BCUT2D eigenvalue weighted by Crippen LogP contribution is 2.21. The van der Waals surface area contributed by atoms with E-state index in [2.05, 4.69) is 5.32 Å². The standard InChI is InChI=1S/C23H23NO7/c1-4-14(2)24-22(26)19-11-15-5-6-18(12-20(15)31-23(19)27)30-21(25)13-29-17-9-7-16(28-3)8-10-17/h5-12,14H,4,13H2,1-3H3,(H,24,26). The van der Waals surface area contributed by atoms with Crippen LogP contribution in [0.1, 0.15) is 30.6 Å². The molecular weight excluding hydrogens is 402 g/mol. The van der Waals surface area contributed by atoms with Crippen molar-refractivity contribution >= 4 is 22.8 Å². The summed E-state index contributed by atoms with van der Waals surface area (Å²) in [4.78, 5) is 36.5. The van der Waals surface area contributed by atoms with Gasteiger partial charge >= 0.3 is 11.6 Å². The molecule has 31 heavy (non-hydrogen) atoms. The Bertz CT molecular complexity index is 1130. The number of rotatable bonds is 8. The molecule has 8 nitrogen and oxygen atoms in total. The third-order valence-electron chi connectivity index (χ3n) is 4.59. The molecule has 0 bridgehead atoms. The molecule has 1 heterocycles. The summed E-state index contributed by atoms with van der Waals surface area (Å²) in [6, 6.07) is 12.7. The van der Waals surface area contributed by atoms with Crippen LogP contribution in [0.5, 0.6) is 17.2 Å². The zero-order valence-corrected chi connectivity index (χ0v) is 17.5. The van der Waals surface area contributed by atoms with Gasteiger partial charge < -0.3 is 23.9 Å². The maximum atomic E-state index is 12.3. The van der Waals surface area contributed by atoms with Crippen molar-refractivity contribution in [3.8, 4) is 17.2 Å². The highest BCUT2D eigenvalue weighted by molar-refractivity contribution is 5.97. The summed E-state index contributed by atoms with van der Waals surface area (Å²) in [5.74, 6) is 0.243. The Hall–Kier alpha value is -3.81. The zero-order valence-electron chi connectivity index (χ0n) is 17.5. The molecule has 1 unspecified atom stereocenters. The van der Waals surface area contributed by atoms with E-state index in [0.29, 0.717) is 16.9 Å². The molecule has 1 amide bonds. The average molecular weight is 425 g/mol. The lowest BCUT2D eigenvalue weighted by atomic mass is 10.1. The summed E-state index contributed by atoms with van der Waals surface area (Å²) in [5, 5.41) is 3.26. The number of ether oxygens (including phenoxy) is 3. The van der Waals surface area contributed by atoms with Crippen molar-refractivity contribution in [2.45, 2.75) is 26.3 Å². The average Bonchev–Trinajstić information content (AvgIpc) is 2.77. The number of carbonyl (C=O) groups excluding carboxylic acids is 2. The van der Waals surface area contributed by atoms with E-state index in [-0.39, 0.29) is 29.5 Å². The van der Waals surface area contributed by atoms with E-state index in [1.807, 2.05) is 13.8 Å². The summed E-state index contributed by atoms with van der Waals surface area (Å²) >= 11 is 0. The maximum absolute atomic E-state index is 12.3. The number of hydrogen-bond acceptors (Lipinski definition) is 7. The lowest BCUT2D eigenvalue weighted by molar-refractivity contribution is -0.136. The molecule has 2 aromatic carbocycles. The van der Waals surface area contributed by atoms with Gasteiger partial charge in [-0.1, -0.05) is 6.92 Å². The van der Waals surface area contributed by atoms with Crippen molar-refractivity contribution in [2.75, 3.05) is 13.7 Å². The van der Waals surface area contributed by atoms with Crippen LogP contribution in [0.25, 0.3) is 11.0 Å². The van der Waals surface area contributed by atoms with Crippen molar-refractivity contribution in [1.29, 1.82) is 0 Å². The van der Waals surface area contributed by atoms with E-state index in [9.17, 15) is 14.4 Å². The molecule has 3 aromatic rings. The highest BCUT2D eigenvalue weighted by Gasteiger charge is 2.16. The molecule has 162 valence electrons. The fraction of sp³-hybridized carbons (Fsp3) is 0.261. The Morgan fingerprint density at radius 1 is 1.03 bits per heavy atom. The molecule has 1 aromatic heterocycles. The van der Waals surface area contributed by atoms with Crippen LogP contribution >= 0.6 is 0 Å². The topological polar surface area (TPSA) is 104 Å². The van der Waals surface area contributed by atoms with Crippen LogP contribution in [0.4, 0.5) is 0 Å². The number of amides is 1. The van der Waals surface area contributed by atoms with Crippen LogP contribution in [0.15, 0.2) is 57.7 Å². The smallest absolute Gasteiger partial charge is 0.349 e. The summed E-state index contributed by atoms with van der Waals surface area (Å²) in [6.07, 6.45) is 0.738. The predicted molar refractivity (Wildman–Crippen MR) is 114 cm³/mol. The SMILES string of the molecule is CCC(C)NC(=O)c1cc2ccc(OC(=O)COc3ccc(OC)cc3)cc2oc1=O. The van der Waals surface area contributed by atoms with Gasteiger partial charge in [-0.15, -0.1) is 0 Å². The van der Waals surface area contributed by atoms with Crippen LogP contribution in [-0.4, -0.2) is 31.6 Å². The third-order valence-corrected chi connectivity index (χ3v) is 4.59. The van der Waals surface area contributed by atoms with E-state index in [1.165, 1.54) is 12.1 Å². The molecule has 0 aliphatic carbocycles. The lowest BCUT2D eigenvalue weighted by Crippen LogP contribution is -2.34. The van der Waals surface area contributed by atoms with Crippen molar-refractivity contribution in [2.24, 2.45) is 0 Å².